The van der Waals surface area contributed by atoms with Gasteiger partial charge in [0, 0.05) is 0 Å². The standard InChI is InChI=1S/C13H22NOSe.CH2NOSe/c15-13(16)14(11-7-3-1-4-8-11)12-9-5-2-6-10-12;2-1(3)4/h11-12H,1-10H2;(H2,2,3). The Morgan fingerprint density at radius 2 is 1.10 bits per heavy atom. The first kappa shape index (κ1) is 18.0. The van der Waals surface area contributed by atoms with E-state index in [9.17, 15) is 4.79 Å². The van der Waals surface area contributed by atoms with Crippen LogP contribution in [0, 0.1) is 0 Å². The minimum absolute atomic E-state index is 0.193. The van der Waals surface area contributed by atoms with Crippen LogP contribution in [-0.2, 0) is 0 Å². The number of hydrogen-bond acceptors (Lipinski definition) is 2. The second-order valence-corrected chi connectivity index (χ2v) is 7.15. The monoisotopic (exact) mass is 412 g/mol. The summed E-state index contributed by atoms with van der Waals surface area (Å²) in [6, 6.07) is 1.07. The van der Waals surface area contributed by atoms with Crippen molar-refractivity contribution < 1.29 is 9.59 Å². The van der Waals surface area contributed by atoms with Gasteiger partial charge in [-0.3, -0.25) is 0 Å². The van der Waals surface area contributed by atoms with E-state index >= 15 is 0 Å². The zero-order valence-corrected chi connectivity index (χ0v) is 15.3. The van der Waals surface area contributed by atoms with E-state index in [0.29, 0.717) is 12.1 Å². The van der Waals surface area contributed by atoms with Crippen LogP contribution in [0.5, 0.6) is 0 Å². The number of primary amides is 1. The molecule has 2 aliphatic carbocycles. The predicted molar refractivity (Wildman–Crippen MR) is 82.1 cm³/mol. The van der Waals surface area contributed by atoms with Gasteiger partial charge in [-0.05, 0) is 0 Å². The second-order valence-electron chi connectivity index (χ2n) is 5.58. The number of nitrogens with two attached hydrogens (primary N) is 1. The van der Waals surface area contributed by atoms with Gasteiger partial charge in [0.15, 0.2) is 0 Å². The Morgan fingerprint density at radius 1 is 0.800 bits per heavy atom. The van der Waals surface area contributed by atoms with Crippen LogP contribution in [0.25, 0.3) is 0 Å². The van der Waals surface area contributed by atoms with Gasteiger partial charge in [-0.2, -0.15) is 0 Å². The number of carbonyl (C=O) groups excluding carboxylic acids is 2. The summed E-state index contributed by atoms with van der Waals surface area (Å²) in [5.41, 5.74) is 4.42. The first-order valence-electron chi connectivity index (χ1n) is 7.48. The molecule has 0 spiro atoms. The van der Waals surface area contributed by atoms with E-state index in [4.69, 9.17) is 4.79 Å². The maximum atomic E-state index is 11.8. The van der Waals surface area contributed by atoms with Crippen LogP contribution in [-0.4, -0.2) is 58.6 Å². The molecule has 0 saturated heterocycles. The summed E-state index contributed by atoms with van der Waals surface area (Å²) in [5, 5.41) is 0. The topological polar surface area (TPSA) is 63.4 Å². The van der Waals surface area contributed by atoms with E-state index in [2.05, 4.69) is 26.6 Å². The summed E-state index contributed by atoms with van der Waals surface area (Å²) in [5.74, 6) is 0. The summed E-state index contributed by atoms with van der Waals surface area (Å²) in [6.45, 7) is 0. The van der Waals surface area contributed by atoms with Gasteiger partial charge >= 0.3 is 138 Å². The van der Waals surface area contributed by atoms with Crippen LogP contribution < -0.4 is 5.73 Å². The first-order chi connectivity index (χ1) is 9.52. The zero-order valence-electron chi connectivity index (χ0n) is 11.9. The van der Waals surface area contributed by atoms with Crippen molar-refractivity contribution in [1.82, 2.24) is 4.90 Å². The maximum absolute atomic E-state index is 11.8. The molecule has 0 aromatic carbocycles. The molecule has 2 aliphatic rings. The average molecular weight is 410 g/mol. The Balaban J connectivity index is 0.000000444. The molecule has 2 fully saturated rings. The Morgan fingerprint density at radius 3 is 1.35 bits per heavy atom. The van der Waals surface area contributed by atoms with Crippen LogP contribution in [0.15, 0.2) is 0 Å². The van der Waals surface area contributed by atoms with Gasteiger partial charge in [0.1, 0.15) is 0 Å². The number of amides is 2. The van der Waals surface area contributed by atoms with Crippen molar-refractivity contribution in [2.75, 3.05) is 0 Å². The number of nitrogens with zero attached hydrogens (tertiary/aromatic N) is 1. The summed E-state index contributed by atoms with van der Waals surface area (Å²) in [6.07, 6.45) is 12.8. The summed E-state index contributed by atoms with van der Waals surface area (Å²) >= 11 is 4.76. The Labute approximate surface area is 138 Å². The van der Waals surface area contributed by atoms with E-state index < -0.39 is 4.81 Å². The van der Waals surface area contributed by atoms with Crippen molar-refractivity contribution in [2.24, 2.45) is 5.73 Å². The number of carbonyl (C=O) groups is 2. The molecule has 0 unspecified atom stereocenters. The van der Waals surface area contributed by atoms with E-state index in [1.807, 2.05) is 16.0 Å². The molecule has 0 atom stereocenters. The fourth-order valence-electron chi connectivity index (χ4n) is 3.31. The van der Waals surface area contributed by atoms with Gasteiger partial charge in [-0.25, -0.2) is 0 Å². The third-order valence-corrected chi connectivity index (χ3v) is 4.59. The molecule has 2 amide bonds. The van der Waals surface area contributed by atoms with Crippen molar-refractivity contribution in [3.8, 4) is 0 Å². The Bertz CT molecular complexity index is 292. The number of hydrogen-bond donors (Lipinski definition) is 1. The minimum atomic E-state index is -0.458. The normalized spacial score (nSPS) is 20.6. The van der Waals surface area contributed by atoms with E-state index in [1.54, 1.807) is 0 Å². The molecule has 2 saturated carbocycles. The van der Waals surface area contributed by atoms with Crippen LogP contribution in [0.4, 0.5) is 9.59 Å². The summed E-state index contributed by atoms with van der Waals surface area (Å²) < 4.78 is 0. The van der Waals surface area contributed by atoms with Crippen molar-refractivity contribution in [2.45, 2.75) is 76.3 Å². The zero-order chi connectivity index (χ0) is 15.0. The summed E-state index contributed by atoms with van der Waals surface area (Å²) in [4.78, 5) is 22.9. The second kappa shape index (κ2) is 9.83. The predicted octanol–water partition coefficient (Wildman–Crippen LogP) is 2.48. The van der Waals surface area contributed by atoms with Gasteiger partial charge in [0.2, 0.25) is 0 Å². The number of rotatable bonds is 2. The molecule has 6 heteroatoms. The van der Waals surface area contributed by atoms with Gasteiger partial charge in [-0.1, -0.05) is 0 Å². The average Bonchev–Trinajstić information content (AvgIpc) is 2.40. The van der Waals surface area contributed by atoms with Crippen LogP contribution >= 0.6 is 0 Å². The molecule has 20 heavy (non-hydrogen) atoms. The molecule has 0 heterocycles. The van der Waals surface area contributed by atoms with Gasteiger partial charge in [0.05, 0.1) is 0 Å². The van der Waals surface area contributed by atoms with Crippen molar-refractivity contribution >= 4 is 41.6 Å². The third-order valence-electron chi connectivity index (χ3n) is 4.15. The molecule has 4 nitrogen and oxygen atoms in total. The van der Waals surface area contributed by atoms with Crippen LogP contribution in [0.3, 0.4) is 0 Å². The van der Waals surface area contributed by atoms with Crippen LogP contribution in [0.1, 0.15) is 64.2 Å². The fourth-order valence-corrected chi connectivity index (χ4v) is 3.94. The molecule has 0 aliphatic heterocycles. The van der Waals surface area contributed by atoms with Crippen molar-refractivity contribution in [3.05, 3.63) is 0 Å². The molecular formula is C14H24N2O2Se2. The molecule has 0 aromatic heterocycles. The summed E-state index contributed by atoms with van der Waals surface area (Å²) in [7, 11) is 0. The SMILES string of the molecule is NC(=O)[Se].O=C([Se])N(C1CCCCC1)C1CCCCC1. The molecule has 2 rings (SSSR count). The van der Waals surface area contributed by atoms with E-state index in [1.165, 1.54) is 64.2 Å². The Hall–Kier alpha value is -0.0210. The molecular weight excluding hydrogens is 386 g/mol. The molecule has 2 radical (unpaired) electrons. The third kappa shape index (κ3) is 6.62. The Kier molecular flexibility index (Phi) is 8.86. The van der Waals surface area contributed by atoms with Gasteiger partial charge in [0.25, 0.3) is 0 Å². The molecule has 114 valence electrons. The van der Waals surface area contributed by atoms with Gasteiger partial charge in [-0.15, -0.1) is 0 Å². The van der Waals surface area contributed by atoms with E-state index in [0.717, 1.165) is 0 Å². The molecule has 0 aromatic rings. The fraction of sp³-hybridized carbons (Fsp3) is 0.857. The van der Waals surface area contributed by atoms with E-state index in [-0.39, 0.29) is 4.81 Å². The molecule has 0 bridgehead atoms. The molecule has 2 N–H and O–H groups in total. The first-order valence-corrected chi connectivity index (χ1v) is 9.19. The van der Waals surface area contributed by atoms with Crippen LogP contribution in [0.2, 0.25) is 0 Å². The quantitative estimate of drug-likeness (QED) is 0.711. The van der Waals surface area contributed by atoms with Crippen molar-refractivity contribution in [3.63, 3.8) is 0 Å². The van der Waals surface area contributed by atoms with Gasteiger partial charge < -0.3 is 0 Å². The van der Waals surface area contributed by atoms with Crippen molar-refractivity contribution in [1.29, 1.82) is 0 Å².